The van der Waals surface area contributed by atoms with Crippen molar-refractivity contribution < 1.29 is 80.2 Å². The molecule has 0 rings (SSSR count). The van der Waals surface area contributed by atoms with E-state index >= 15 is 0 Å². The third kappa shape index (κ3) is 78.0. The van der Waals surface area contributed by atoms with Gasteiger partial charge in [0.05, 0.1) is 26.4 Å². The zero-order chi connectivity index (χ0) is 75.5. The van der Waals surface area contributed by atoms with E-state index in [0.29, 0.717) is 25.7 Å². The number of esters is 4. The van der Waals surface area contributed by atoms with Gasteiger partial charge in [0.1, 0.15) is 19.3 Å². The Hall–Kier alpha value is -1.94. The number of phosphoric ester groups is 2. The average molecular weight is 1510 g/mol. The van der Waals surface area contributed by atoms with Gasteiger partial charge in [0.2, 0.25) is 0 Å². The molecule has 0 bridgehead atoms. The summed E-state index contributed by atoms with van der Waals surface area (Å²) in [4.78, 5) is 72.8. The van der Waals surface area contributed by atoms with Crippen molar-refractivity contribution in [1.29, 1.82) is 0 Å². The smallest absolute Gasteiger partial charge is 0.462 e. The number of aliphatic hydroxyl groups is 1. The van der Waals surface area contributed by atoms with Gasteiger partial charge in [-0.05, 0) is 31.6 Å². The summed E-state index contributed by atoms with van der Waals surface area (Å²) in [5.74, 6) is -1.30. The molecule has 0 heterocycles. The topological polar surface area (TPSA) is 237 Å². The first kappa shape index (κ1) is 101. The maximum Gasteiger partial charge on any atom is 0.472 e. The van der Waals surface area contributed by atoms with E-state index in [2.05, 4.69) is 34.6 Å². The number of aliphatic hydroxyl groups excluding tert-OH is 1. The first-order valence-electron chi connectivity index (χ1n) is 43.6. The number of phosphoric acid groups is 2. The van der Waals surface area contributed by atoms with Gasteiger partial charge in [0.15, 0.2) is 12.2 Å². The lowest BCUT2D eigenvalue weighted by atomic mass is 10.0. The molecule has 2 unspecified atom stereocenters. The molecule has 0 aromatic heterocycles. The van der Waals surface area contributed by atoms with Crippen LogP contribution in [-0.4, -0.2) is 96.7 Å². The second kappa shape index (κ2) is 76.8. The fourth-order valence-corrected chi connectivity index (χ4v) is 14.7. The number of hydrogen-bond donors (Lipinski definition) is 3. The molecule has 0 aromatic carbocycles. The summed E-state index contributed by atoms with van der Waals surface area (Å²) in [5, 5.41) is 10.6. The Labute approximate surface area is 632 Å². The van der Waals surface area contributed by atoms with Gasteiger partial charge in [-0.3, -0.25) is 37.3 Å². The number of carbonyl (C=O) groups excluding carboxylic acids is 4. The summed E-state index contributed by atoms with van der Waals surface area (Å²) in [5.41, 5.74) is 0. The summed E-state index contributed by atoms with van der Waals surface area (Å²) in [6.45, 7) is 7.29. The number of hydrogen-bond acceptors (Lipinski definition) is 15. The predicted molar refractivity (Wildman–Crippen MR) is 423 cm³/mol. The van der Waals surface area contributed by atoms with Gasteiger partial charge in [0.25, 0.3) is 0 Å². The molecule has 0 amide bonds. The van der Waals surface area contributed by atoms with Crippen LogP contribution < -0.4 is 0 Å². The van der Waals surface area contributed by atoms with E-state index in [-0.39, 0.29) is 25.7 Å². The second-order valence-corrected chi connectivity index (χ2v) is 33.6. The number of unbranched alkanes of at least 4 members (excludes halogenated alkanes) is 56. The highest BCUT2D eigenvalue weighted by Gasteiger charge is 2.30. The van der Waals surface area contributed by atoms with Gasteiger partial charge < -0.3 is 33.8 Å². The molecule has 5 atom stereocenters. The zero-order valence-electron chi connectivity index (χ0n) is 67.5. The molecule has 0 radical (unpaired) electrons. The standard InChI is InChI=1S/C84H164O17P2/c1-6-9-12-15-17-19-21-23-25-27-29-30-31-33-39-43-47-51-55-60-65-70-84(89)101-80(74-95-82(87)68-63-58-53-49-45-41-37-35-34-36-40-44-48-52-57-61-66-77(4)5)76-99-103(92,93)97-72-78(85)71-96-102(90,91)98-75-79(73-94-81(86)67-62-56-14-11-8-3)100-83(88)69-64-59-54-50-46-42-38-32-28-26-24-22-20-18-16-13-10-7-2/h77-80,85H,6-76H2,1-5H3,(H,90,91)(H,92,93)/t78-,79+,80+/m0/s1. The molecule has 0 aliphatic carbocycles. The quantitative estimate of drug-likeness (QED) is 0.0222. The molecular formula is C84H164O17P2. The Morgan fingerprint density at radius 2 is 0.447 bits per heavy atom. The van der Waals surface area contributed by atoms with Gasteiger partial charge in [-0.15, -0.1) is 0 Å². The van der Waals surface area contributed by atoms with Crippen molar-refractivity contribution in [2.24, 2.45) is 5.92 Å². The summed E-state index contributed by atoms with van der Waals surface area (Å²) >= 11 is 0. The summed E-state index contributed by atoms with van der Waals surface area (Å²) in [6.07, 6.45) is 70.0. The fourth-order valence-electron chi connectivity index (χ4n) is 13.1. The molecule has 17 nitrogen and oxygen atoms in total. The average Bonchev–Trinajstić information content (AvgIpc) is 0.922. The van der Waals surface area contributed by atoms with Crippen LogP contribution in [0.5, 0.6) is 0 Å². The van der Waals surface area contributed by atoms with Crippen LogP contribution in [0, 0.1) is 5.92 Å². The van der Waals surface area contributed by atoms with Crippen LogP contribution in [0.4, 0.5) is 0 Å². The van der Waals surface area contributed by atoms with E-state index in [9.17, 15) is 43.2 Å². The number of ether oxygens (including phenoxy) is 4. The van der Waals surface area contributed by atoms with Crippen molar-refractivity contribution in [3.05, 3.63) is 0 Å². The van der Waals surface area contributed by atoms with E-state index in [4.69, 9.17) is 37.0 Å². The molecule has 3 N–H and O–H groups in total. The van der Waals surface area contributed by atoms with Crippen LogP contribution >= 0.6 is 15.6 Å². The summed E-state index contributed by atoms with van der Waals surface area (Å²) in [6, 6.07) is 0. The largest absolute Gasteiger partial charge is 0.472 e. The third-order valence-corrected chi connectivity index (χ3v) is 21.7. The molecule has 0 saturated heterocycles. The van der Waals surface area contributed by atoms with Crippen LogP contribution in [-0.2, 0) is 65.4 Å². The Kier molecular flexibility index (Phi) is 75.4. The molecule has 0 fully saturated rings. The van der Waals surface area contributed by atoms with Gasteiger partial charge in [0, 0.05) is 25.7 Å². The van der Waals surface area contributed by atoms with Crippen LogP contribution in [0.3, 0.4) is 0 Å². The van der Waals surface area contributed by atoms with Crippen molar-refractivity contribution in [3.63, 3.8) is 0 Å². The predicted octanol–water partition coefficient (Wildman–Crippen LogP) is 25.6. The van der Waals surface area contributed by atoms with Crippen LogP contribution in [0.2, 0.25) is 0 Å². The second-order valence-electron chi connectivity index (χ2n) is 30.7. The minimum absolute atomic E-state index is 0.108. The highest BCUT2D eigenvalue weighted by molar-refractivity contribution is 7.47. The molecule has 103 heavy (non-hydrogen) atoms. The van der Waals surface area contributed by atoms with Crippen molar-refractivity contribution >= 4 is 39.5 Å². The Balaban J connectivity index is 5.10. The van der Waals surface area contributed by atoms with Gasteiger partial charge in [-0.1, -0.05) is 401 Å². The highest BCUT2D eigenvalue weighted by atomic mass is 31.2. The van der Waals surface area contributed by atoms with E-state index in [1.54, 1.807) is 0 Å². The minimum atomic E-state index is -4.96. The first-order valence-corrected chi connectivity index (χ1v) is 46.6. The molecule has 0 aliphatic heterocycles. The zero-order valence-corrected chi connectivity index (χ0v) is 69.3. The Morgan fingerprint density at radius 1 is 0.262 bits per heavy atom. The lowest BCUT2D eigenvalue weighted by Gasteiger charge is -2.21. The van der Waals surface area contributed by atoms with E-state index < -0.39 is 97.5 Å². The van der Waals surface area contributed by atoms with Crippen molar-refractivity contribution in [3.8, 4) is 0 Å². The Morgan fingerprint density at radius 3 is 0.660 bits per heavy atom. The summed E-state index contributed by atoms with van der Waals surface area (Å²) in [7, 11) is -9.91. The number of rotatable bonds is 84. The molecule has 612 valence electrons. The van der Waals surface area contributed by atoms with E-state index in [1.165, 1.54) is 270 Å². The van der Waals surface area contributed by atoms with Gasteiger partial charge >= 0.3 is 39.5 Å². The lowest BCUT2D eigenvalue weighted by Crippen LogP contribution is -2.30. The molecular weight excluding hydrogens is 1340 g/mol. The van der Waals surface area contributed by atoms with Gasteiger partial charge in [-0.2, -0.15) is 0 Å². The third-order valence-electron chi connectivity index (χ3n) is 19.8. The van der Waals surface area contributed by atoms with Gasteiger partial charge in [-0.25, -0.2) is 9.13 Å². The van der Waals surface area contributed by atoms with Crippen molar-refractivity contribution in [2.45, 2.75) is 470 Å². The molecule has 0 aliphatic rings. The normalized spacial score (nSPS) is 13.8. The molecule has 0 saturated carbocycles. The summed E-state index contributed by atoms with van der Waals surface area (Å²) < 4.78 is 68.6. The molecule has 19 heteroatoms. The SMILES string of the molecule is CCCCCCCCCCCCCCCCCCCCCCCC(=O)O[C@H](COC(=O)CCCCCCCCCCCCCCCCCCC(C)C)COP(=O)(O)OC[C@@H](O)COP(=O)(O)OC[C@@H](COC(=O)CCCCCCC)OC(=O)CCCCCCCCCCCCCCCCCCCC. The Bertz CT molecular complexity index is 1960. The van der Waals surface area contributed by atoms with Crippen LogP contribution in [0.1, 0.15) is 452 Å². The molecule has 0 aromatic rings. The van der Waals surface area contributed by atoms with Crippen LogP contribution in [0.15, 0.2) is 0 Å². The van der Waals surface area contributed by atoms with Crippen molar-refractivity contribution in [2.75, 3.05) is 39.6 Å². The van der Waals surface area contributed by atoms with E-state index in [1.807, 2.05) is 0 Å². The fraction of sp³-hybridized carbons (Fsp3) is 0.952. The maximum atomic E-state index is 13.1. The molecule has 0 spiro atoms. The van der Waals surface area contributed by atoms with E-state index in [0.717, 1.165) is 102 Å². The maximum absolute atomic E-state index is 13.1. The minimum Gasteiger partial charge on any atom is -0.462 e. The van der Waals surface area contributed by atoms with Crippen LogP contribution in [0.25, 0.3) is 0 Å². The van der Waals surface area contributed by atoms with Crippen molar-refractivity contribution in [1.82, 2.24) is 0 Å². The lowest BCUT2D eigenvalue weighted by molar-refractivity contribution is -0.161. The first-order chi connectivity index (χ1) is 50.0. The number of carbonyl (C=O) groups is 4. The monoisotopic (exact) mass is 1510 g/mol. The highest BCUT2D eigenvalue weighted by Crippen LogP contribution is 2.45.